The predicted molar refractivity (Wildman–Crippen MR) is 125 cm³/mol. The van der Waals surface area contributed by atoms with Crippen molar-refractivity contribution in [1.82, 2.24) is 20.1 Å². The molecule has 0 radical (unpaired) electrons. The smallest absolute Gasteiger partial charge is 0.249 e. The first-order chi connectivity index (χ1) is 15.6. The number of carbonyl (C=O) groups excluding carboxylic acids is 1. The standard InChI is InChI=1S/C23H18Cl2N4O2S/c24-15-5-3-4-14(10-15)23-26-16(13-32-23)11-21(30)29(17-8-9-17)12-20-27-28-22(31-20)18-6-1-2-7-19(18)25/h1-7,10,13,17H,8-9,11-12H2. The molecule has 0 bridgehead atoms. The van der Waals surface area contributed by atoms with Gasteiger partial charge in [0.25, 0.3) is 0 Å². The average molecular weight is 485 g/mol. The first kappa shape index (κ1) is 21.1. The van der Waals surface area contributed by atoms with Crippen LogP contribution in [0.15, 0.2) is 58.3 Å². The van der Waals surface area contributed by atoms with Crippen LogP contribution in [0.5, 0.6) is 0 Å². The van der Waals surface area contributed by atoms with E-state index in [2.05, 4.69) is 15.2 Å². The lowest BCUT2D eigenvalue weighted by Crippen LogP contribution is -2.34. The summed E-state index contributed by atoms with van der Waals surface area (Å²) in [4.78, 5) is 19.5. The van der Waals surface area contributed by atoms with Gasteiger partial charge in [0.15, 0.2) is 0 Å². The van der Waals surface area contributed by atoms with Gasteiger partial charge in [-0.15, -0.1) is 21.5 Å². The molecule has 0 N–H and O–H groups in total. The fourth-order valence-corrected chi connectivity index (χ4v) is 4.64. The molecule has 1 aliphatic carbocycles. The van der Waals surface area contributed by atoms with Crippen molar-refractivity contribution in [2.75, 3.05) is 0 Å². The minimum absolute atomic E-state index is 0.00654. The molecule has 1 fully saturated rings. The minimum atomic E-state index is -0.00654. The summed E-state index contributed by atoms with van der Waals surface area (Å²) in [6.07, 6.45) is 2.17. The number of nitrogens with zero attached hydrogens (tertiary/aromatic N) is 4. The Labute approximate surface area is 198 Å². The highest BCUT2D eigenvalue weighted by atomic mass is 35.5. The second-order valence-corrected chi connectivity index (χ2v) is 9.27. The second-order valence-electron chi connectivity index (χ2n) is 7.56. The lowest BCUT2D eigenvalue weighted by Gasteiger charge is -2.20. The molecule has 0 unspecified atom stereocenters. The van der Waals surface area contributed by atoms with Crippen LogP contribution >= 0.6 is 34.5 Å². The Bertz CT molecular complexity index is 1270. The Morgan fingerprint density at radius 2 is 1.97 bits per heavy atom. The highest BCUT2D eigenvalue weighted by Crippen LogP contribution is 2.31. The Morgan fingerprint density at radius 3 is 2.75 bits per heavy atom. The van der Waals surface area contributed by atoms with E-state index in [1.807, 2.05) is 52.7 Å². The number of amides is 1. The molecule has 1 saturated carbocycles. The first-order valence-corrected chi connectivity index (χ1v) is 11.8. The fourth-order valence-electron chi connectivity index (χ4n) is 3.41. The third kappa shape index (κ3) is 4.70. The SMILES string of the molecule is O=C(Cc1csc(-c2cccc(Cl)c2)n1)N(Cc1nnc(-c2ccccc2Cl)o1)C1CC1. The minimum Gasteiger partial charge on any atom is -0.419 e. The van der Waals surface area contributed by atoms with Gasteiger partial charge in [0, 0.05) is 22.0 Å². The molecule has 2 aromatic heterocycles. The van der Waals surface area contributed by atoms with Crippen molar-refractivity contribution < 1.29 is 9.21 Å². The van der Waals surface area contributed by atoms with E-state index >= 15 is 0 Å². The predicted octanol–water partition coefficient (Wildman–Crippen LogP) is 5.90. The summed E-state index contributed by atoms with van der Waals surface area (Å²) in [6, 6.07) is 15.0. The molecule has 9 heteroatoms. The van der Waals surface area contributed by atoms with Gasteiger partial charge < -0.3 is 9.32 Å². The number of rotatable bonds is 7. The first-order valence-electron chi connectivity index (χ1n) is 10.1. The van der Waals surface area contributed by atoms with Crippen molar-refractivity contribution in [3.8, 4) is 22.0 Å². The summed E-state index contributed by atoms with van der Waals surface area (Å²) >= 11 is 13.8. The van der Waals surface area contributed by atoms with Crippen LogP contribution in [0.1, 0.15) is 24.4 Å². The van der Waals surface area contributed by atoms with Gasteiger partial charge in [0.05, 0.1) is 29.2 Å². The number of hydrogen-bond donors (Lipinski definition) is 0. The van der Waals surface area contributed by atoms with Crippen LogP contribution in [-0.2, 0) is 17.8 Å². The van der Waals surface area contributed by atoms with Gasteiger partial charge in [-0.1, -0.05) is 47.5 Å². The third-order valence-electron chi connectivity index (χ3n) is 5.14. The Balaban J connectivity index is 1.29. The summed E-state index contributed by atoms with van der Waals surface area (Å²) in [5.74, 6) is 0.727. The third-order valence-corrected chi connectivity index (χ3v) is 6.65. The van der Waals surface area contributed by atoms with Crippen LogP contribution in [0.2, 0.25) is 10.0 Å². The van der Waals surface area contributed by atoms with Crippen molar-refractivity contribution in [2.24, 2.45) is 0 Å². The topological polar surface area (TPSA) is 72.1 Å². The molecule has 6 nitrogen and oxygen atoms in total. The van der Waals surface area contributed by atoms with Crippen LogP contribution in [0, 0.1) is 0 Å². The lowest BCUT2D eigenvalue weighted by atomic mass is 10.2. The number of thiazole rings is 1. The highest BCUT2D eigenvalue weighted by Gasteiger charge is 2.34. The van der Waals surface area contributed by atoms with E-state index in [9.17, 15) is 4.79 Å². The molecule has 162 valence electrons. The van der Waals surface area contributed by atoms with Crippen molar-refractivity contribution in [3.63, 3.8) is 0 Å². The summed E-state index contributed by atoms with van der Waals surface area (Å²) in [5.41, 5.74) is 2.36. The molecule has 0 spiro atoms. The monoisotopic (exact) mass is 484 g/mol. The number of benzene rings is 2. The normalized spacial score (nSPS) is 13.3. The maximum atomic E-state index is 13.1. The van der Waals surface area contributed by atoms with Gasteiger partial charge in [-0.25, -0.2) is 4.98 Å². The zero-order valence-electron chi connectivity index (χ0n) is 16.9. The second kappa shape index (κ2) is 9.02. The maximum absolute atomic E-state index is 13.1. The Hall–Kier alpha value is -2.74. The van der Waals surface area contributed by atoms with Gasteiger partial charge in [-0.3, -0.25) is 4.79 Å². The number of hydrogen-bond acceptors (Lipinski definition) is 6. The molecule has 0 saturated heterocycles. The van der Waals surface area contributed by atoms with E-state index in [0.29, 0.717) is 27.4 Å². The van der Waals surface area contributed by atoms with Crippen LogP contribution in [0.25, 0.3) is 22.0 Å². The molecular weight excluding hydrogens is 467 g/mol. The molecule has 4 aromatic rings. The van der Waals surface area contributed by atoms with Gasteiger partial charge in [0.2, 0.25) is 17.7 Å². The molecule has 1 aliphatic rings. The molecule has 32 heavy (non-hydrogen) atoms. The molecule has 5 rings (SSSR count). The highest BCUT2D eigenvalue weighted by molar-refractivity contribution is 7.13. The average Bonchev–Trinajstić information content (AvgIpc) is 3.33. The van der Waals surface area contributed by atoms with Crippen LogP contribution in [-0.4, -0.2) is 32.0 Å². The zero-order valence-corrected chi connectivity index (χ0v) is 19.2. The van der Waals surface area contributed by atoms with E-state index in [1.165, 1.54) is 11.3 Å². The van der Waals surface area contributed by atoms with Crippen LogP contribution < -0.4 is 0 Å². The molecule has 2 aromatic carbocycles. The zero-order chi connectivity index (χ0) is 22.1. The van der Waals surface area contributed by atoms with Gasteiger partial charge in [-0.2, -0.15) is 0 Å². The molecule has 1 amide bonds. The van der Waals surface area contributed by atoms with E-state index in [-0.39, 0.29) is 24.9 Å². The number of aromatic nitrogens is 3. The van der Waals surface area contributed by atoms with Gasteiger partial charge in [-0.05, 0) is 37.1 Å². The molecule has 2 heterocycles. The summed E-state index contributed by atoms with van der Waals surface area (Å²) in [6.45, 7) is 0.270. The molecule has 0 aliphatic heterocycles. The number of halogens is 2. The quantitative estimate of drug-likeness (QED) is 0.326. The summed E-state index contributed by atoms with van der Waals surface area (Å²) in [5, 5.41) is 12.2. The van der Waals surface area contributed by atoms with Crippen molar-refractivity contribution in [2.45, 2.75) is 31.8 Å². The number of carbonyl (C=O) groups is 1. The fraction of sp³-hybridized carbons (Fsp3) is 0.217. The van der Waals surface area contributed by atoms with E-state index in [0.717, 1.165) is 29.1 Å². The molecule has 0 atom stereocenters. The Kier molecular flexibility index (Phi) is 5.95. The van der Waals surface area contributed by atoms with Gasteiger partial charge >= 0.3 is 0 Å². The van der Waals surface area contributed by atoms with Crippen molar-refractivity contribution in [3.05, 3.63) is 75.5 Å². The largest absolute Gasteiger partial charge is 0.419 e. The van der Waals surface area contributed by atoms with E-state index in [1.54, 1.807) is 6.07 Å². The van der Waals surface area contributed by atoms with Crippen molar-refractivity contribution >= 4 is 40.4 Å². The lowest BCUT2D eigenvalue weighted by molar-refractivity contribution is -0.132. The van der Waals surface area contributed by atoms with E-state index < -0.39 is 0 Å². The van der Waals surface area contributed by atoms with Crippen LogP contribution in [0.3, 0.4) is 0 Å². The van der Waals surface area contributed by atoms with Gasteiger partial charge in [0.1, 0.15) is 5.01 Å². The molecular formula is C23H18Cl2N4O2S. The Morgan fingerprint density at radius 1 is 1.12 bits per heavy atom. The van der Waals surface area contributed by atoms with Crippen LogP contribution in [0.4, 0.5) is 0 Å². The van der Waals surface area contributed by atoms with Crippen molar-refractivity contribution in [1.29, 1.82) is 0 Å². The summed E-state index contributed by atoms with van der Waals surface area (Å²) in [7, 11) is 0. The van der Waals surface area contributed by atoms with E-state index in [4.69, 9.17) is 27.6 Å². The maximum Gasteiger partial charge on any atom is 0.249 e. The summed E-state index contributed by atoms with van der Waals surface area (Å²) < 4.78 is 5.81.